The maximum atomic E-state index is 13.5. The van der Waals surface area contributed by atoms with E-state index in [4.69, 9.17) is 0 Å². The molecule has 16 heavy (non-hydrogen) atoms. The van der Waals surface area contributed by atoms with E-state index in [-0.39, 0.29) is 5.69 Å². The maximum absolute atomic E-state index is 13.5. The minimum Gasteiger partial charge on any atom is -0.250 e. The van der Waals surface area contributed by atoms with Crippen LogP contribution in [0.4, 0.5) is 8.78 Å². The molecule has 0 atom stereocenters. The van der Waals surface area contributed by atoms with E-state index in [1.165, 1.54) is 0 Å². The van der Waals surface area contributed by atoms with Crippen LogP contribution in [-0.4, -0.2) is 4.98 Å². The molecule has 1 aromatic carbocycles. The smallest absolute Gasteiger partial charge is 0.152 e. The van der Waals surface area contributed by atoms with Gasteiger partial charge in [0.05, 0.1) is 6.20 Å². The molecular weight excluding hydrogens is 208 g/mol. The minimum atomic E-state index is -0.659. The lowest BCUT2D eigenvalue weighted by Crippen LogP contribution is -1.92. The zero-order valence-corrected chi connectivity index (χ0v) is 8.87. The summed E-state index contributed by atoms with van der Waals surface area (Å²) in [5.74, 6) is -1.29. The summed E-state index contributed by atoms with van der Waals surface area (Å²) in [6, 6.07) is 8.29. The lowest BCUT2D eigenvalue weighted by Gasteiger charge is -2.04. The van der Waals surface area contributed by atoms with E-state index in [0.29, 0.717) is 5.56 Å². The van der Waals surface area contributed by atoms with Crippen LogP contribution in [0.3, 0.4) is 0 Å². The summed E-state index contributed by atoms with van der Waals surface area (Å²) in [4.78, 5) is 3.77. The number of halogens is 2. The Balaban J connectivity index is 2.49. The SMILES string of the molecule is CCc1cccc(-c2ncc(F)cc2F)c1. The van der Waals surface area contributed by atoms with Crippen molar-refractivity contribution in [1.82, 2.24) is 4.98 Å². The van der Waals surface area contributed by atoms with Gasteiger partial charge in [0, 0.05) is 11.6 Å². The molecule has 0 amide bonds. The molecule has 0 spiro atoms. The molecule has 0 aliphatic heterocycles. The largest absolute Gasteiger partial charge is 0.250 e. The van der Waals surface area contributed by atoms with Crippen LogP contribution >= 0.6 is 0 Å². The average molecular weight is 219 g/mol. The number of hydrogen-bond acceptors (Lipinski definition) is 1. The number of nitrogens with zero attached hydrogens (tertiary/aromatic N) is 1. The fourth-order valence-electron chi connectivity index (χ4n) is 1.57. The van der Waals surface area contributed by atoms with Crippen LogP contribution in [0.5, 0.6) is 0 Å². The number of aryl methyl sites for hydroxylation is 1. The van der Waals surface area contributed by atoms with Gasteiger partial charge in [-0.3, -0.25) is 4.98 Å². The quantitative estimate of drug-likeness (QED) is 0.752. The van der Waals surface area contributed by atoms with Crippen molar-refractivity contribution in [3.8, 4) is 11.3 Å². The van der Waals surface area contributed by atoms with Crippen LogP contribution in [-0.2, 0) is 6.42 Å². The third-order valence-corrected chi connectivity index (χ3v) is 2.42. The highest BCUT2D eigenvalue weighted by Crippen LogP contribution is 2.21. The monoisotopic (exact) mass is 219 g/mol. The average Bonchev–Trinajstić information content (AvgIpc) is 2.29. The van der Waals surface area contributed by atoms with Crippen LogP contribution < -0.4 is 0 Å². The Morgan fingerprint density at radius 2 is 2.00 bits per heavy atom. The highest BCUT2D eigenvalue weighted by molar-refractivity contribution is 5.60. The molecule has 0 N–H and O–H groups in total. The molecule has 0 bridgehead atoms. The van der Waals surface area contributed by atoms with Gasteiger partial charge in [-0.05, 0) is 18.1 Å². The second-order valence-corrected chi connectivity index (χ2v) is 3.54. The van der Waals surface area contributed by atoms with E-state index in [9.17, 15) is 8.78 Å². The first-order chi connectivity index (χ1) is 7.70. The zero-order valence-electron chi connectivity index (χ0n) is 8.87. The Morgan fingerprint density at radius 1 is 1.19 bits per heavy atom. The summed E-state index contributed by atoms with van der Waals surface area (Å²) in [6.07, 6.45) is 1.90. The summed E-state index contributed by atoms with van der Waals surface area (Å²) < 4.78 is 26.2. The summed E-state index contributed by atoms with van der Waals surface area (Å²) in [7, 11) is 0. The van der Waals surface area contributed by atoms with Crippen molar-refractivity contribution in [2.24, 2.45) is 0 Å². The highest BCUT2D eigenvalue weighted by atomic mass is 19.1. The molecule has 0 saturated carbocycles. The fourth-order valence-corrected chi connectivity index (χ4v) is 1.57. The van der Waals surface area contributed by atoms with Gasteiger partial charge in [0.2, 0.25) is 0 Å². The lowest BCUT2D eigenvalue weighted by atomic mass is 10.1. The van der Waals surface area contributed by atoms with Gasteiger partial charge in [0.1, 0.15) is 11.5 Å². The Labute approximate surface area is 92.8 Å². The first kappa shape index (κ1) is 10.7. The number of aromatic nitrogens is 1. The Bertz CT molecular complexity index is 509. The molecule has 3 heteroatoms. The van der Waals surface area contributed by atoms with Crippen molar-refractivity contribution in [3.05, 3.63) is 53.7 Å². The molecule has 0 saturated heterocycles. The number of hydrogen-bond donors (Lipinski definition) is 0. The van der Waals surface area contributed by atoms with Gasteiger partial charge < -0.3 is 0 Å². The van der Waals surface area contributed by atoms with Gasteiger partial charge in [-0.2, -0.15) is 0 Å². The molecule has 2 aromatic rings. The van der Waals surface area contributed by atoms with Gasteiger partial charge in [-0.1, -0.05) is 25.1 Å². The number of pyridine rings is 1. The first-order valence-corrected chi connectivity index (χ1v) is 5.11. The van der Waals surface area contributed by atoms with Crippen molar-refractivity contribution in [2.45, 2.75) is 13.3 Å². The van der Waals surface area contributed by atoms with Crippen LogP contribution in [0.25, 0.3) is 11.3 Å². The van der Waals surface area contributed by atoms with E-state index in [1.807, 2.05) is 25.1 Å². The molecule has 0 unspecified atom stereocenters. The molecule has 1 heterocycles. The molecular formula is C13H11F2N. The van der Waals surface area contributed by atoms with Crippen molar-refractivity contribution >= 4 is 0 Å². The van der Waals surface area contributed by atoms with E-state index >= 15 is 0 Å². The summed E-state index contributed by atoms with van der Waals surface area (Å²) in [5.41, 5.74) is 1.97. The van der Waals surface area contributed by atoms with Crippen molar-refractivity contribution in [1.29, 1.82) is 0 Å². The normalized spacial score (nSPS) is 10.4. The van der Waals surface area contributed by atoms with Crippen molar-refractivity contribution in [3.63, 3.8) is 0 Å². The first-order valence-electron chi connectivity index (χ1n) is 5.11. The van der Waals surface area contributed by atoms with Crippen LogP contribution in [0, 0.1) is 11.6 Å². The molecule has 2 rings (SSSR count). The van der Waals surface area contributed by atoms with Crippen LogP contribution in [0.15, 0.2) is 36.5 Å². The van der Waals surface area contributed by atoms with Gasteiger partial charge in [-0.15, -0.1) is 0 Å². The second kappa shape index (κ2) is 4.39. The van der Waals surface area contributed by atoms with Gasteiger partial charge in [-0.25, -0.2) is 8.78 Å². The standard InChI is InChI=1S/C13H11F2N/c1-2-9-4-3-5-10(6-9)13-12(15)7-11(14)8-16-13/h3-8H,2H2,1H3. The van der Waals surface area contributed by atoms with Gasteiger partial charge in [0.25, 0.3) is 0 Å². The zero-order chi connectivity index (χ0) is 11.5. The topological polar surface area (TPSA) is 12.9 Å². The van der Waals surface area contributed by atoms with Crippen LogP contribution in [0.1, 0.15) is 12.5 Å². The Morgan fingerprint density at radius 3 is 2.69 bits per heavy atom. The molecule has 0 radical (unpaired) electrons. The Kier molecular flexibility index (Phi) is 2.95. The van der Waals surface area contributed by atoms with E-state index in [0.717, 1.165) is 24.2 Å². The summed E-state index contributed by atoms with van der Waals surface area (Å²) >= 11 is 0. The molecule has 1 aromatic heterocycles. The van der Waals surface area contributed by atoms with Gasteiger partial charge >= 0.3 is 0 Å². The predicted octanol–water partition coefficient (Wildman–Crippen LogP) is 3.59. The number of rotatable bonds is 2. The second-order valence-electron chi connectivity index (χ2n) is 3.54. The predicted molar refractivity (Wildman–Crippen MR) is 59.0 cm³/mol. The molecule has 82 valence electrons. The fraction of sp³-hybridized carbons (Fsp3) is 0.154. The van der Waals surface area contributed by atoms with Gasteiger partial charge in [0.15, 0.2) is 5.82 Å². The molecule has 0 aliphatic rings. The van der Waals surface area contributed by atoms with E-state index < -0.39 is 11.6 Å². The van der Waals surface area contributed by atoms with E-state index in [1.54, 1.807) is 6.07 Å². The molecule has 0 aliphatic carbocycles. The van der Waals surface area contributed by atoms with Crippen molar-refractivity contribution in [2.75, 3.05) is 0 Å². The summed E-state index contributed by atoms with van der Waals surface area (Å²) in [6.45, 7) is 2.02. The van der Waals surface area contributed by atoms with Crippen LogP contribution in [0.2, 0.25) is 0 Å². The van der Waals surface area contributed by atoms with E-state index in [2.05, 4.69) is 4.98 Å². The maximum Gasteiger partial charge on any atom is 0.152 e. The Hall–Kier alpha value is -1.77. The number of benzene rings is 1. The summed E-state index contributed by atoms with van der Waals surface area (Å²) in [5, 5.41) is 0. The third kappa shape index (κ3) is 2.08. The van der Waals surface area contributed by atoms with Crippen molar-refractivity contribution < 1.29 is 8.78 Å². The lowest BCUT2D eigenvalue weighted by molar-refractivity contribution is 0.576. The molecule has 1 nitrogen and oxygen atoms in total. The highest BCUT2D eigenvalue weighted by Gasteiger charge is 2.08. The minimum absolute atomic E-state index is 0.191. The molecule has 0 fully saturated rings. The third-order valence-electron chi connectivity index (χ3n) is 2.42.